The van der Waals surface area contributed by atoms with Crippen LogP contribution in [0.25, 0.3) is 0 Å². The molecular formula is C15H28O9. The van der Waals surface area contributed by atoms with E-state index in [1.165, 1.54) is 7.11 Å². The van der Waals surface area contributed by atoms with Crippen LogP contribution in [0.3, 0.4) is 0 Å². The highest BCUT2D eigenvalue weighted by atomic mass is 16.7. The first-order valence-corrected chi connectivity index (χ1v) is 7.81. The lowest BCUT2D eigenvalue weighted by Gasteiger charge is -2.45. The molecule has 2 rings (SSSR count). The number of hydrogen-bond acceptors (Lipinski definition) is 9. The summed E-state index contributed by atoms with van der Waals surface area (Å²) in [6.07, 6.45) is -4.70. The lowest BCUT2D eigenvalue weighted by atomic mass is 10.0. The molecule has 24 heavy (non-hydrogen) atoms. The second-order valence-electron chi connectivity index (χ2n) is 5.68. The van der Waals surface area contributed by atoms with Gasteiger partial charge in [0, 0.05) is 35.5 Å². The van der Waals surface area contributed by atoms with Crippen molar-refractivity contribution in [1.82, 2.24) is 0 Å². The van der Waals surface area contributed by atoms with E-state index in [4.69, 9.17) is 37.9 Å². The Morgan fingerprint density at radius 3 is 1.75 bits per heavy atom. The van der Waals surface area contributed by atoms with Crippen molar-refractivity contribution < 1.29 is 43.0 Å². The van der Waals surface area contributed by atoms with E-state index in [-0.39, 0.29) is 18.8 Å². The third-order valence-electron chi connectivity index (χ3n) is 4.50. The molecule has 9 nitrogen and oxygen atoms in total. The Kier molecular flexibility index (Phi) is 7.79. The molecule has 0 bridgehead atoms. The van der Waals surface area contributed by atoms with Crippen LogP contribution in [0.5, 0.6) is 0 Å². The molecule has 2 fully saturated rings. The van der Waals surface area contributed by atoms with Crippen LogP contribution in [0.15, 0.2) is 0 Å². The Balaban J connectivity index is 2.13. The van der Waals surface area contributed by atoms with Crippen LogP contribution in [-0.2, 0) is 37.9 Å². The van der Waals surface area contributed by atoms with Gasteiger partial charge in [0.15, 0.2) is 12.6 Å². The van der Waals surface area contributed by atoms with Crippen molar-refractivity contribution in [2.45, 2.75) is 49.2 Å². The van der Waals surface area contributed by atoms with E-state index in [1.54, 1.807) is 28.4 Å². The zero-order valence-corrected chi connectivity index (χ0v) is 14.7. The van der Waals surface area contributed by atoms with E-state index in [0.717, 1.165) is 0 Å². The first-order chi connectivity index (χ1) is 11.6. The standard InChI is InChI=1S/C15H28O9/c1-17-8-7-23-15(13(21-5)10(8)19-3)24-11-9(18-2)6-22-14(16)12(11)20-4/h8-16H,6-7H2,1-5H3/t8-,9?,10+,11?,12?,13-,14?,15+/m1/s1. The molecule has 0 saturated carbocycles. The van der Waals surface area contributed by atoms with Gasteiger partial charge in [-0.3, -0.25) is 0 Å². The van der Waals surface area contributed by atoms with Crippen molar-refractivity contribution in [3.63, 3.8) is 0 Å². The molecule has 2 heterocycles. The maximum atomic E-state index is 9.98. The fraction of sp³-hybridized carbons (Fsp3) is 1.00. The maximum Gasteiger partial charge on any atom is 0.187 e. The monoisotopic (exact) mass is 352 g/mol. The van der Waals surface area contributed by atoms with Crippen molar-refractivity contribution in [2.24, 2.45) is 0 Å². The summed E-state index contributed by atoms with van der Waals surface area (Å²) in [5.74, 6) is 0. The minimum absolute atomic E-state index is 0.182. The molecule has 1 N–H and O–H groups in total. The SMILES string of the molecule is COC1COC(O)C(OC)C1O[C@@H]1OC[C@@H](OC)[C@H](OC)[C@H]1OC. The molecule has 2 aliphatic heterocycles. The summed E-state index contributed by atoms with van der Waals surface area (Å²) in [4.78, 5) is 0. The molecule has 4 unspecified atom stereocenters. The number of aliphatic hydroxyl groups excluding tert-OH is 1. The van der Waals surface area contributed by atoms with Gasteiger partial charge in [0.1, 0.15) is 36.6 Å². The van der Waals surface area contributed by atoms with Crippen molar-refractivity contribution in [1.29, 1.82) is 0 Å². The molecule has 0 spiro atoms. The van der Waals surface area contributed by atoms with Crippen LogP contribution in [0, 0.1) is 0 Å². The second kappa shape index (κ2) is 9.37. The van der Waals surface area contributed by atoms with Crippen LogP contribution < -0.4 is 0 Å². The predicted molar refractivity (Wildman–Crippen MR) is 80.6 cm³/mol. The summed E-state index contributed by atoms with van der Waals surface area (Å²) in [6, 6.07) is 0. The Hall–Kier alpha value is -0.360. The van der Waals surface area contributed by atoms with Gasteiger partial charge in [0.2, 0.25) is 0 Å². The van der Waals surface area contributed by atoms with E-state index in [0.29, 0.717) is 6.61 Å². The van der Waals surface area contributed by atoms with Crippen molar-refractivity contribution in [2.75, 3.05) is 48.8 Å². The molecule has 0 aromatic carbocycles. The lowest BCUT2D eigenvalue weighted by Crippen LogP contribution is -2.61. The van der Waals surface area contributed by atoms with Crippen molar-refractivity contribution in [3.05, 3.63) is 0 Å². The Morgan fingerprint density at radius 2 is 1.21 bits per heavy atom. The van der Waals surface area contributed by atoms with Gasteiger partial charge in [0.05, 0.1) is 13.2 Å². The smallest absolute Gasteiger partial charge is 0.187 e. The molecule has 0 amide bonds. The van der Waals surface area contributed by atoms with Crippen LogP contribution in [0.1, 0.15) is 0 Å². The highest BCUT2D eigenvalue weighted by Crippen LogP contribution is 2.28. The highest BCUT2D eigenvalue weighted by molar-refractivity contribution is 4.90. The zero-order valence-electron chi connectivity index (χ0n) is 14.7. The molecule has 0 radical (unpaired) electrons. The normalized spacial score (nSPS) is 43.8. The number of methoxy groups -OCH3 is 5. The fourth-order valence-corrected chi connectivity index (χ4v) is 3.13. The largest absolute Gasteiger partial charge is 0.376 e. The molecular weight excluding hydrogens is 324 g/mol. The van der Waals surface area contributed by atoms with Crippen molar-refractivity contribution in [3.8, 4) is 0 Å². The molecule has 0 aromatic heterocycles. The fourth-order valence-electron chi connectivity index (χ4n) is 3.13. The highest BCUT2D eigenvalue weighted by Gasteiger charge is 2.48. The Morgan fingerprint density at radius 1 is 0.667 bits per heavy atom. The van der Waals surface area contributed by atoms with Gasteiger partial charge in [-0.15, -0.1) is 0 Å². The van der Waals surface area contributed by atoms with Gasteiger partial charge < -0.3 is 43.0 Å². The van der Waals surface area contributed by atoms with E-state index in [9.17, 15) is 5.11 Å². The third kappa shape index (κ3) is 4.06. The minimum atomic E-state index is -1.11. The van der Waals surface area contributed by atoms with Gasteiger partial charge in [-0.2, -0.15) is 0 Å². The molecule has 9 heteroatoms. The van der Waals surface area contributed by atoms with E-state index >= 15 is 0 Å². The first kappa shape index (κ1) is 20.0. The van der Waals surface area contributed by atoms with Crippen LogP contribution in [-0.4, -0.2) is 103 Å². The molecule has 142 valence electrons. The summed E-state index contributed by atoms with van der Waals surface area (Å²) in [5.41, 5.74) is 0. The van der Waals surface area contributed by atoms with Gasteiger partial charge in [-0.1, -0.05) is 0 Å². The lowest BCUT2D eigenvalue weighted by molar-refractivity contribution is -0.338. The predicted octanol–water partition coefficient (Wildman–Crippen LogP) is -0.848. The van der Waals surface area contributed by atoms with Crippen LogP contribution in [0.2, 0.25) is 0 Å². The summed E-state index contributed by atoms with van der Waals surface area (Å²) in [6.45, 7) is 0.474. The summed E-state index contributed by atoms with van der Waals surface area (Å²) in [7, 11) is 7.74. The maximum absolute atomic E-state index is 9.98. The summed E-state index contributed by atoms with van der Waals surface area (Å²) in [5, 5.41) is 9.98. The number of ether oxygens (including phenoxy) is 8. The molecule has 0 aromatic rings. The molecule has 0 aliphatic carbocycles. The number of aliphatic hydroxyl groups is 1. The average Bonchev–Trinajstić information content (AvgIpc) is 2.61. The minimum Gasteiger partial charge on any atom is -0.376 e. The Bertz CT molecular complexity index is 369. The first-order valence-electron chi connectivity index (χ1n) is 7.81. The van der Waals surface area contributed by atoms with Crippen LogP contribution >= 0.6 is 0 Å². The molecule has 2 saturated heterocycles. The van der Waals surface area contributed by atoms with Gasteiger partial charge in [0.25, 0.3) is 0 Å². The van der Waals surface area contributed by atoms with E-state index < -0.39 is 37.0 Å². The molecule has 2 aliphatic rings. The average molecular weight is 352 g/mol. The van der Waals surface area contributed by atoms with Gasteiger partial charge >= 0.3 is 0 Å². The van der Waals surface area contributed by atoms with Crippen molar-refractivity contribution >= 4 is 0 Å². The van der Waals surface area contributed by atoms with E-state index in [2.05, 4.69) is 0 Å². The number of hydrogen-bond donors (Lipinski definition) is 1. The topological polar surface area (TPSA) is 94.1 Å². The van der Waals surface area contributed by atoms with E-state index in [1.807, 2.05) is 0 Å². The number of rotatable bonds is 7. The third-order valence-corrected chi connectivity index (χ3v) is 4.50. The summed E-state index contributed by atoms with van der Waals surface area (Å²) < 4.78 is 44.2. The quantitative estimate of drug-likeness (QED) is 0.629. The molecule has 8 atom stereocenters. The van der Waals surface area contributed by atoms with Gasteiger partial charge in [-0.25, -0.2) is 0 Å². The second-order valence-corrected chi connectivity index (χ2v) is 5.68. The Labute approximate surface area is 142 Å². The van der Waals surface area contributed by atoms with Crippen LogP contribution in [0.4, 0.5) is 0 Å². The van der Waals surface area contributed by atoms with Gasteiger partial charge in [-0.05, 0) is 0 Å². The zero-order chi connectivity index (χ0) is 17.7. The summed E-state index contributed by atoms with van der Waals surface area (Å²) >= 11 is 0.